The molecule has 23 heavy (non-hydrogen) atoms. The molecule has 1 aliphatic rings. The van der Waals surface area contributed by atoms with Crippen molar-refractivity contribution in [3.8, 4) is 0 Å². The van der Waals surface area contributed by atoms with Crippen LogP contribution < -0.4 is 5.32 Å². The highest BCUT2D eigenvalue weighted by Crippen LogP contribution is 2.34. The SMILES string of the molecule is CN(C(=O)CNC(c1cccs1)C(C)(C)C)C1CCS(=O)(=O)C1. The molecule has 0 aliphatic carbocycles. The third-order valence-corrected chi connectivity index (χ3v) is 6.99. The minimum absolute atomic E-state index is 0.0135. The van der Waals surface area contributed by atoms with Crippen LogP contribution in [0.4, 0.5) is 0 Å². The lowest BCUT2D eigenvalue weighted by atomic mass is 9.86. The summed E-state index contributed by atoms with van der Waals surface area (Å²) in [6, 6.07) is 3.99. The number of hydrogen-bond donors (Lipinski definition) is 1. The van der Waals surface area contributed by atoms with Crippen molar-refractivity contribution in [2.24, 2.45) is 5.41 Å². The molecule has 1 N–H and O–H groups in total. The predicted octanol–water partition coefficient (Wildman–Crippen LogP) is 2.07. The molecule has 130 valence electrons. The molecule has 0 aromatic carbocycles. The summed E-state index contributed by atoms with van der Waals surface area (Å²) in [4.78, 5) is 15.2. The van der Waals surface area contributed by atoms with Crippen molar-refractivity contribution in [1.82, 2.24) is 10.2 Å². The Kier molecular flexibility index (Phi) is 5.53. The standard InChI is InChI=1S/C16H26N2O3S2/c1-16(2,3)15(13-6-5-8-22-13)17-10-14(19)18(4)12-7-9-23(20,21)11-12/h5-6,8,12,15,17H,7,9-11H2,1-4H3. The first-order valence-electron chi connectivity index (χ1n) is 7.83. The molecule has 0 spiro atoms. The summed E-state index contributed by atoms with van der Waals surface area (Å²) in [5.41, 5.74) is -0.0135. The summed E-state index contributed by atoms with van der Waals surface area (Å²) in [6.45, 7) is 6.64. The number of hydrogen-bond acceptors (Lipinski definition) is 5. The van der Waals surface area contributed by atoms with Gasteiger partial charge in [0.2, 0.25) is 5.91 Å². The van der Waals surface area contributed by atoms with Crippen LogP contribution in [0.1, 0.15) is 38.1 Å². The molecule has 1 amide bonds. The van der Waals surface area contributed by atoms with Crippen molar-refractivity contribution < 1.29 is 13.2 Å². The Bertz CT molecular complexity index is 633. The lowest BCUT2D eigenvalue weighted by Gasteiger charge is -2.32. The second-order valence-corrected chi connectivity index (χ2v) is 10.5. The van der Waals surface area contributed by atoms with E-state index in [-0.39, 0.29) is 41.5 Å². The third kappa shape index (κ3) is 4.78. The van der Waals surface area contributed by atoms with E-state index < -0.39 is 9.84 Å². The molecule has 0 saturated carbocycles. The van der Waals surface area contributed by atoms with Crippen LogP contribution in [0.25, 0.3) is 0 Å². The monoisotopic (exact) mass is 358 g/mol. The van der Waals surface area contributed by atoms with Gasteiger partial charge in [-0.1, -0.05) is 26.8 Å². The number of nitrogens with one attached hydrogen (secondary N) is 1. The van der Waals surface area contributed by atoms with E-state index in [1.165, 1.54) is 4.88 Å². The summed E-state index contributed by atoms with van der Waals surface area (Å²) in [6.07, 6.45) is 0.540. The number of thiophene rings is 1. The van der Waals surface area contributed by atoms with Crippen molar-refractivity contribution in [3.05, 3.63) is 22.4 Å². The number of likely N-dealkylation sites (N-methyl/N-ethyl adjacent to an activating group) is 1. The summed E-state index contributed by atoms with van der Waals surface area (Å²) < 4.78 is 23.1. The first-order valence-corrected chi connectivity index (χ1v) is 10.5. The fraction of sp³-hybridized carbons (Fsp3) is 0.688. The molecule has 0 radical (unpaired) electrons. The van der Waals surface area contributed by atoms with Crippen molar-refractivity contribution in [1.29, 1.82) is 0 Å². The molecule has 2 rings (SSSR count). The zero-order valence-electron chi connectivity index (χ0n) is 14.2. The minimum atomic E-state index is -2.98. The first kappa shape index (κ1) is 18.4. The summed E-state index contributed by atoms with van der Waals surface area (Å²) >= 11 is 1.68. The Balaban J connectivity index is 1.97. The molecule has 1 aromatic heterocycles. The van der Waals surface area contributed by atoms with Gasteiger partial charge in [0.25, 0.3) is 0 Å². The highest BCUT2D eigenvalue weighted by atomic mass is 32.2. The summed E-state index contributed by atoms with van der Waals surface area (Å²) in [7, 11) is -1.28. The van der Waals surface area contributed by atoms with Gasteiger partial charge in [0.05, 0.1) is 18.1 Å². The van der Waals surface area contributed by atoms with Gasteiger partial charge in [-0.25, -0.2) is 8.42 Å². The van der Waals surface area contributed by atoms with Gasteiger partial charge in [-0.2, -0.15) is 0 Å². The van der Waals surface area contributed by atoms with Crippen LogP contribution in [0, 0.1) is 5.41 Å². The van der Waals surface area contributed by atoms with Gasteiger partial charge in [0, 0.05) is 24.0 Å². The molecule has 2 unspecified atom stereocenters. The van der Waals surface area contributed by atoms with E-state index >= 15 is 0 Å². The summed E-state index contributed by atoms with van der Waals surface area (Å²) in [5, 5.41) is 5.39. The Morgan fingerprint density at radius 1 is 1.48 bits per heavy atom. The normalized spacial score (nSPS) is 22.0. The fourth-order valence-electron chi connectivity index (χ4n) is 2.89. The number of amides is 1. The smallest absolute Gasteiger partial charge is 0.236 e. The topological polar surface area (TPSA) is 66.5 Å². The number of sulfone groups is 1. The Morgan fingerprint density at radius 3 is 2.65 bits per heavy atom. The van der Waals surface area contributed by atoms with Crippen molar-refractivity contribution in [2.75, 3.05) is 25.1 Å². The molecule has 0 bridgehead atoms. The van der Waals surface area contributed by atoms with Crippen LogP contribution >= 0.6 is 11.3 Å². The highest BCUT2D eigenvalue weighted by Gasteiger charge is 2.33. The van der Waals surface area contributed by atoms with Crippen molar-refractivity contribution in [2.45, 2.75) is 39.3 Å². The maximum atomic E-state index is 12.4. The minimum Gasteiger partial charge on any atom is -0.341 e. The van der Waals surface area contributed by atoms with Gasteiger partial charge in [0.1, 0.15) is 0 Å². The highest BCUT2D eigenvalue weighted by molar-refractivity contribution is 7.91. The molecular weight excluding hydrogens is 332 g/mol. The fourth-order valence-corrected chi connectivity index (χ4v) is 5.71. The van der Waals surface area contributed by atoms with E-state index in [1.807, 2.05) is 11.4 Å². The van der Waals surface area contributed by atoms with Gasteiger partial charge < -0.3 is 10.2 Å². The molecule has 1 aromatic rings. The third-order valence-electron chi connectivity index (χ3n) is 4.30. The van der Waals surface area contributed by atoms with E-state index in [4.69, 9.17) is 0 Å². The van der Waals surface area contributed by atoms with E-state index in [0.717, 1.165) is 0 Å². The quantitative estimate of drug-likeness (QED) is 0.875. The molecule has 1 saturated heterocycles. The predicted molar refractivity (Wildman–Crippen MR) is 94.3 cm³/mol. The van der Waals surface area contributed by atoms with Crippen LogP contribution in [0.15, 0.2) is 17.5 Å². The molecular formula is C16H26N2O3S2. The van der Waals surface area contributed by atoms with Crippen LogP contribution in [0.2, 0.25) is 0 Å². The van der Waals surface area contributed by atoms with E-state index in [0.29, 0.717) is 6.42 Å². The first-order chi connectivity index (χ1) is 10.6. The maximum Gasteiger partial charge on any atom is 0.236 e. The van der Waals surface area contributed by atoms with Crippen molar-refractivity contribution in [3.63, 3.8) is 0 Å². The Labute approximate surface area is 143 Å². The zero-order valence-corrected chi connectivity index (χ0v) is 15.8. The molecule has 2 atom stereocenters. The number of rotatable bonds is 5. The average molecular weight is 359 g/mol. The zero-order chi connectivity index (χ0) is 17.3. The van der Waals surface area contributed by atoms with Gasteiger partial charge in [-0.15, -0.1) is 11.3 Å². The number of carbonyl (C=O) groups excluding carboxylic acids is 1. The molecule has 1 aliphatic heterocycles. The molecule has 7 heteroatoms. The Hall–Kier alpha value is -0.920. The van der Waals surface area contributed by atoms with E-state index in [9.17, 15) is 13.2 Å². The van der Waals surface area contributed by atoms with Crippen molar-refractivity contribution >= 4 is 27.1 Å². The van der Waals surface area contributed by atoms with Crippen LogP contribution in [0.5, 0.6) is 0 Å². The van der Waals surface area contributed by atoms with Crippen LogP contribution in [-0.2, 0) is 14.6 Å². The Morgan fingerprint density at radius 2 is 2.17 bits per heavy atom. The molecule has 2 heterocycles. The molecule has 1 fully saturated rings. The second-order valence-electron chi connectivity index (χ2n) is 7.26. The average Bonchev–Trinajstić information content (AvgIpc) is 3.06. The van der Waals surface area contributed by atoms with Gasteiger partial charge in [-0.3, -0.25) is 4.79 Å². The van der Waals surface area contributed by atoms with Crippen LogP contribution in [0.3, 0.4) is 0 Å². The van der Waals surface area contributed by atoms with E-state index in [1.54, 1.807) is 23.3 Å². The number of carbonyl (C=O) groups is 1. The van der Waals surface area contributed by atoms with E-state index in [2.05, 4.69) is 32.2 Å². The van der Waals surface area contributed by atoms with Crippen LogP contribution in [-0.4, -0.2) is 50.4 Å². The van der Waals surface area contributed by atoms with Gasteiger partial charge in [-0.05, 0) is 23.3 Å². The van der Waals surface area contributed by atoms with Gasteiger partial charge in [0.15, 0.2) is 9.84 Å². The lowest BCUT2D eigenvalue weighted by molar-refractivity contribution is -0.130. The second kappa shape index (κ2) is 6.91. The lowest BCUT2D eigenvalue weighted by Crippen LogP contribution is -2.44. The largest absolute Gasteiger partial charge is 0.341 e. The number of nitrogens with zero attached hydrogens (tertiary/aromatic N) is 1. The summed E-state index contributed by atoms with van der Waals surface area (Å²) in [5.74, 6) is 0.212. The maximum absolute atomic E-state index is 12.4. The molecule has 5 nitrogen and oxygen atoms in total. The van der Waals surface area contributed by atoms with Gasteiger partial charge >= 0.3 is 0 Å².